The van der Waals surface area contributed by atoms with Crippen LogP contribution >= 0.6 is 0 Å². The molecule has 0 amide bonds. The lowest BCUT2D eigenvalue weighted by Crippen LogP contribution is -2.48. The fourth-order valence-electron chi connectivity index (χ4n) is 3.28. The maximum absolute atomic E-state index is 13.1. The predicted molar refractivity (Wildman–Crippen MR) is 80.7 cm³/mol. The topological polar surface area (TPSA) is 42.1 Å². The molecule has 0 saturated carbocycles. The van der Waals surface area contributed by atoms with Crippen LogP contribution in [0.5, 0.6) is 0 Å². The molecule has 22 heavy (non-hydrogen) atoms. The summed E-state index contributed by atoms with van der Waals surface area (Å²) in [4.78, 5) is 6.30. The quantitative estimate of drug-likeness (QED) is 0.926. The third kappa shape index (κ3) is 2.75. The summed E-state index contributed by atoms with van der Waals surface area (Å²) in [5.74, 6) is -1.87. The monoisotopic (exact) mass is 309 g/mol. The molecule has 2 unspecified atom stereocenters. The van der Waals surface area contributed by atoms with Gasteiger partial charge in [0, 0.05) is 36.3 Å². The second kappa shape index (κ2) is 5.76. The molecule has 0 spiro atoms. The molecule has 1 aromatic heterocycles. The third-order valence-corrected chi connectivity index (χ3v) is 4.42. The fourth-order valence-corrected chi connectivity index (χ4v) is 3.28. The molecule has 1 aromatic carbocycles. The Morgan fingerprint density at radius 3 is 2.73 bits per heavy atom. The summed E-state index contributed by atoms with van der Waals surface area (Å²) in [5.41, 5.74) is 7.39. The van der Waals surface area contributed by atoms with E-state index in [4.69, 9.17) is 5.73 Å². The van der Waals surface area contributed by atoms with Gasteiger partial charge in [0.2, 0.25) is 0 Å². The molecule has 2 heterocycles. The number of anilines is 1. The maximum Gasteiger partial charge on any atom is 0.392 e. The van der Waals surface area contributed by atoms with Crippen molar-refractivity contribution in [2.45, 2.75) is 12.6 Å². The number of nitrogens with zero attached hydrogens (tertiary/aromatic N) is 2. The molecule has 0 bridgehead atoms. The largest absolute Gasteiger partial charge is 0.392 e. The average Bonchev–Trinajstić information content (AvgIpc) is 2.53. The van der Waals surface area contributed by atoms with E-state index in [1.54, 1.807) is 6.20 Å². The van der Waals surface area contributed by atoms with Gasteiger partial charge >= 0.3 is 6.18 Å². The third-order valence-electron chi connectivity index (χ3n) is 4.42. The molecule has 3 rings (SSSR count). The Balaban J connectivity index is 1.90. The van der Waals surface area contributed by atoms with E-state index < -0.39 is 18.0 Å². The van der Waals surface area contributed by atoms with Crippen molar-refractivity contribution in [1.82, 2.24) is 4.98 Å². The lowest BCUT2D eigenvalue weighted by molar-refractivity contribution is -0.191. The zero-order chi connectivity index (χ0) is 15.7. The van der Waals surface area contributed by atoms with Crippen LogP contribution in [0.1, 0.15) is 6.42 Å². The van der Waals surface area contributed by atoms with Gasteiger partial charge in [-0.25, -0.2) is 0 Å². The minimum atomic E-state index is -4.17. The first-order valence-electron chi connectivity index (χ1n) is 7.36. The first-order chi connectivity index (χ1) is 10.5. The molecular weight excluding hydrogens is 291 g/mol. The second-order valence-corrected chi connectivity index (χ2v) is 5.73. The lowest BCUT2D eigenvalue weighted by atomic mass is 9.84. The summed E-state index contributed by atoms with van der Waals surface area (Å²) in [6, 6.07) is 9.53. The molecule has 3 nitrogen and oxygen atoms in total. The molecule has 2 aromatic rings. The van der Waals surface area contributed by atoms with E-state index in [2.05, 4.69) is 4.98 Å². The Bertz CT molecular complexity index is 651. The molecule has 0 radical (unpaired) electrons. The number of hydrogen-bond acceptors (Lipinski definition) is 3. The first-order valence-corrected chi connectivity index (χ1v) is 7.36. The van der Waals surface area contributed by atoms with Gasteiger partial charge in [-0.2, -0.15) is 13.2 Å². The molecule has 1 saturated heterocycles. The van der Waals surface area contributed by atoms with Gasteiger partial charge in [-0.1, -0.05) is 18.2 Å². The summed E-state index contributed by atoms with van der Waals surface area (Å²) >= 11 is 0. The van der Waals surface area contributed by atoms with Gasteiger partial charge in [-0.3, -0.25) is 4.98 Å². The number of fused-ring (bicyclic) bond motifs is 1. The highest BCUT2D eigenvalue weighted by Crippen LogP contribution is 2.39. The van der Waals surface area contributed by atoms with Gasteiger partial charge in [0.25, 0.3) is 0 Å². The van der Waals surface area contributed by atoms with Crippen LogP contribution in [0.2, 0.25) is 0 Å². The molecule has 1 aliphatic heterocycles. The first kappa shape index (κ1) is 15.1. The van der Waals surface area contributed by atoms with Crippen molar-refractivity contribution in [3.63, 3.8) is 0 Å². The van der Waals surface area contributed by atoms with Gasteiger partial charge in [0.05, 0.1) is 11.4 Å². The lowest BCUT2D eigenvalue weighted by Gasteiger charge is -2.40. The number of halogens is 3. The number of alkyl halides is 3. The zero-order valence-electron chi connectivity index (χ0n) is 12.1. The van der Waals surface area contributed by atoms with Crippen LogP contribution in [0.15, 0.2) is 36.5 Å². The normalized spacial score (nSPS) is 23.0. The number of aromatic nitrogens is 1. The van der Waals surface area contributed by atoms with Crippen molar-refractivity contribution < 1.29 is 13.2 Å². The average molecular weight is 309 g/mol. The standard InChI is InChI=1S/C16H18F3N3/c17-16(18,19)13-6-8-22(10-11(13)9-20)15-5-7-21-14-4-2-1-3-12(14)15/h1-5,7,11,13H,6,8-10,20H2. The summed E-state index contributed by atoms with van der Waals surface area (Å²) in [6.07, 6.45) is -2.39. The van der Waals surface area contributed by atoms with Crippen molar-refractivity contribution in [2.75, 3.05) is 24.5 Å². The smallest absolute Gasteiger partial charge is 0.371 e. The fraction of sp³-hybridized carbons (Fsp3) is 0.438. The molecule has 2 atom stereocenters. The highest BCUT2D eigenvalue weighted by Gasteiger charge is 2.46. The van der Waals surface area contributed by atoms with E-state index in [1.165, 1.54) is 0 Å². The number of rotatable bonds is 2. The van der Waals surface area contributed by atoms with Crippen LogP contribution in [0.4, 0.5) is 18.9 Å². The molecule has 0 aliphatic carbocycles. The van der Waals surface area contributed by atoms with E-state index in [-0.39, 0.29) is 13.0 Å². The summed E-state index contributed by atoms with van der Waals surface area (Å²) in [6.45, 7) is 0.757. The van der Waals surface area contributed by atoms with E-state index in [1.807, 2.05) is 35.2 Å². The molecule has 2 N–H and O–H groups in total. The van der Waals surface area contributed by atoms with Crippen LogP contribution in [0.3, 0.4) is 0 Å². The van der Waals surface area contributed by atoms with Crippen molar-refractivity contribution in [3.05, 3.63) is 36.5 Å². The van der Waals surface area contributed by atoms with Gasteiger partial charge in [0.15, 0.2) is 0 Å². The molecule has 1 aliphatic rings. The van der Waals surface area contributed by atoms with Crippen molar-refractivity contribution in [2.24, 2.45) is 17.6 Å². The molecular formula is C16H18F3N3. The second-order valence-electron chi connectivity index (χ2n) is 5.73. The van der Waals surface area contributed by atoms with Gasteiger partial charge in [-0.05, 0) is 25.1 Å². The zero-order valence-corrected chi connectivity index (χ0v) is 12.1. The Morgan fingerprint density at radius 2 is 2.00 bits per heavy atom. The maximum atomic E-state index is 13.1. The number of nitrogens with two attached hydrogens (primary N) is 1. The highest BCUT2D eigenvalue weighted by molar-refractivity contribution is 5.91. The van der Waals surface area contributed by atoms with E-state index >= 15 is 0 Å². The number of pyridine rings is 1. The van der Waals surface area contributed by atoms with Gasteiger partial charge in [-0.15, -0.1) is 0 Å². The molecule has 118 valence electrons. The minimum Gasteiger partial charge on any atom is -0.371 e. The summed E-state index contributed by atoms with van der Waals surface area (Å²) < 4.78 is 39.2. The summed E-state index contributed by atoms with van der Waals surface area (Å²) in [7, 11) is 0. The number of benzene rings is 1. The summed E-state index contributed by atoms with van der Waals surface area (Å²) in [5, 5.41) is 0.964. The van der Waals surface area contributed by atoms with Crippen molar-refractivity contribution in [3.8, 4) is 0 Å². The van der Waals surface area contributed by atoms with Crippen molar-refractivity contribution >= 4 is 16.6 Å². The van der Waals surface area contributed by atoms with E-state index in [0.29, 0.717) is 13.1 Å². The Kier molecular flexibility index (Phi) is 3.95. The van der Waals surface area contributed by atoms with Gasteiger partial charge < -0.3 is 10.6 Å². The van der Waals surface area contributed by atoms with Crippen LogP contribution in [-0.4, -0.2) is 30.8 Å². The SMILES string of the molecule is NCC1CN(c2ccnc3ccccc23)CCC1C(F)(F)F. The van der Waals surface area contributed by atoms with Crippen molar-refractivity contribution in [1.29, 1.82) is 0 Å². The Labute approximate surface area is 126 Å². The molecule has 1 fully saturated rings. The Hall–Kier alpha value is -1.82. The van der Waals surface area contributed by atoms with Crippen LogP contribution in [0.25, 0.3) is 10.9 Å². The minimum absolute atomic E-state index is 0.0453. The number of para-hydroxylation sites is 1. The predicted octanol–water partition coefficient (Wildman–Crippen LogP) is 3.20. The highest BCUT2D eigenvalue weighted by atomic mass is 19.4. The molecule has 6 heteroatoms. The van der Waals surface area contributed by atoms with E-state index in [0.717, 1.165) is 16.6 Å². The van der Waals surface area contributed by atoms with E-state index in [9.17, 15) is 13.2 Å². The number of hydrogen-bond donors (Lipinski definition) is 1. The van der Waals surface area contributed by atoms with Crippen LogP contribution in [0, 0.1) is 11.8 Å². The van der Waals surface area contributed by atoms with Gasteiger partial charge in [0.1, 0.15) is 0 Å². The van der Waals surface area contributed by atoms with Crippen LogP contribution < -0.4 is 10.6 Å². The Morgan fingerprint density at radius 1 is 1.23 bits per heavy atom. The number of piperidine rings is 1. The van der Waals surface area contributed by atoms with Crippen LogP contribution in [-0.2, 0) is 0 Å².